The normalized spacial score (nSPS) is 11.6. The van der Waals surface area contributed by atoms with Gasteiger partial charge in [-0.3, -0.25) is 9.59 Å². The molecule has 1 atom stereocenters. The van der Waals surface area contributed by atoms with Gasteiger partial charge in [0.05, 0.1) is 0 Å². The summed E-state index contributed by atoms with van der Waals surface area (Å²) in [5.74, 6) is 0.268. The number of aryl methyl sites for hydroxylation is 1. The quantitative estimate of drug-likeness (QED) is 0.666. The first kappa shape index (κ1) is 22.0. The van der Waals surface area contributed by atoms with E-state index in [1.165, 1.54) is 0 Å². The maximum Gasteiger partial charge on any atom is 0.261 e. The van der Waals surface area contributed by atoms with Crippen LogP contribution in [0.25, 0.3) is 0 Å². The predicted molar refractivity (Wildman–Crippen MR) is 114 cm³/mol. The highest BCUT2D eigenvalue weighted by Gasteiger charge is 2.26. The van der Waals surface area contributed by atoms with Crippen LogP contribution in [0.2, 0.25) is 0 Å². The van der Waals surface area contributed by atoms with Gasteiger partial charge in [0.2, 0.25) is 5.91 Å². The van der Waals surface area contributed by atoms with Crippen molar-refractivity contribution in [1.29, 1.82) is 0 Å². The van der Waals surface area contributed by atoms with Crippen molar-refractivity contribution in [3.63, 3.8) is 0 Å². The van der Waals surface area contributed by atoms with Gasteiger partial charge < -0.3 is 15.0 Å². The van der Waals surface area contributed by atoms with Gasteiger partial charge in [-0.25, -0.2) is 0 Å². The van der Waals surface area contributed by atoms with Gasteiger partial charge in [-0.15, -0.1) is 0 Å². The Bertz CT molecular complexity index is 821. The fourth-order valence-electron chi connectivity index (χ4n) is 2.79. The standard InChI is InChI=1S/C22H27BrN2O3/c1-5-24-22(27)17(4)25(13-18-9-11-19(23)12-10-18)21(26)14-28-20-8-6-7-15(2)16(20)3/h6-12,17H,5,13-14H2,1-4H3,(H,24,27)/t17-/m1/s1. The molecule has 0 heterocycles. The summed E-state index contributed by atoms with van der Waals surface area (Å²) in [6.45, 7) is 8.29. The molecule has 0 saturated carbocycles. The van der Waals surface area contributed by atoms with Crippen LogP contribution in [0.4, 0.5) is 0 Å². The summed E-state index contributed by atoms with van der Waals surface area (Å²) in [6.07, 6.45) is 0. The second-order valence-corrected chi connectivity index (χ2v) is 7.62. The third-order valence-corrected chi connectivity index (χ3v) is 5.22. The number of carbonyl (C=O) groups excluding carboxylic acids is 2. The minimum atomic E-state index is -0.599. The molecule has 0 fully saturated rings. The smallest absolute Gasteiger partial charge is 0.261 e. The van der Waals surface area contributed by atoms with Gasteiger partial charge in [-0.1, -0.05) is 40.2 Å². The number of ether oxygens (including phenoxy) is 1. The Morgan fingerprint density at radius 3 is 2.46 bits per heavy atom. The molecule has 5 nitrogen and oxygen atoms in total. The van der Waals surface area contributed by atoms with Gasteiger partial charge in [0.15, 0.2) is 6.61 Å². The second kappa shape index (κ2) is 10.3. The highest BCUT2D eigenvalue weighted by atomic mass is 79.9. The van der Waals surface area contributed by atoms with Crippen LogP contribution < -0.4 is 10.1 Å². The van der Waals surface area contributed by atoms with Crippen molar-refractivity contribution in [2.75, 3.05) is 13.2 Å². The van der Waals surface area contributed by atoms with Gasteiger partial charge in [-0.2, -0.15) is 0 Å². The molecule has 0 aliphatic heterocycles. The highest BCUT2D eigenvalue weighted by Crippen LogP contribution is 2.21. The van der Waals surface area contributed by atoms with Crippen LogP contribution in [0.5, 0.6) is 5.75 Å². The first-order valence-corrected chi connectivity index (χ1v) is 10.1. The highest BCUT2D eigenvalue weighted by molar-refractivity contribution is 9.10. The summed E-state index contributed by atoms with van der Waals surface area (Å²) >= 11 is 3.41. The lowest BCUT2D eigenvalue weighted by molar-refractivity contribution is -0.142. The molecule has 2 rings (SSSR count). The molecule has 0 unspecified atom stereocenters. The lowest BCUT2D eigenvalue weighted by Gasteiger charge is -2.28. The molecule has 2 amide bonds. The summed E-state index contributed by atoms with van der Waals surface area (Å²) in [6, 6.07) is 12.9. The van der Waals surface area contributed by atoms with E-state index < -0.39 is 6.04 Å². The van der Waals surface area contributed by atoms with Crippen molar-refractivity contribution >= 4 is 27.7 Å². The fourth-order valence-corrected chi connectivity index (χ4v) is 3.06. The molecule has 2 aromatic carbocycles. The predicted octanol–water partition coefficient (Wildman–Crippen LogP) is 4.00. The molecule has 6 heteroatoms. The molecule has 0 aliphatic carbocycles. The lowest BCUT2D eigenvalue weighted by Crippen LogP contribution is -2.49. The van der Waals surface area contributed by atoms with Crippen LogP contribution in [-0.4, -0.2) is 35.9 Å². The maximum absolute atomic E-state index is 12.9. The van der Waals surface area contributed by atoms with E-state index in [2.05, 4.69) is 21.2 Å². The molecule has 0 bridgehead atoms. The van der Waals surface area contributed by atoms with Gasteiger partial charge in [0.25, 0.3) is 5.91 Å². The number of hydrogen-bond donors (Lipinski definition) is 1. The molecule has 0 aliphatic rings. The van der Waals surface area contributed by atoms with Crippen LogP contribution in [0.15, 0.2) is 46.9 Å². The van der Waals surface area contributed by atoms with Crippen LogP contribution in [0.1, 0.15) is 30.5 Å². The van der Waals surface area contributed by atoms with Crippen molar-refractivity contribution in [2.24, 2.45) is 0 Å². The van der Waals surface area contributed by atoms with E-state index in [4.69, 9.17) is 4.74 Å². The largest absolute Gasteiger partial charge is 0.483 e. The average molecular weight is 447 g/mol. The van der Waals surface area contributed by atoms with Gasteiger partial charge in [-0.05, 0) is 62.6 Å². The Balaban J connectivity index is 2.16. The van der Waals surface area contributed by atoms with Gasteiger partial charge in [0, 0.05) is 17.6 Å². The molecule has 1 N–H and O–H groups in total. The summed E-state index contributed by atoms with van der Waals surface area (Å²) in [4.78, 5) is 26.9. The number of carbonyl (C=O) groups is 2. The molecule has 0 saturated heterocycles. The number of likely N-dealkylation sites (N-methyl/N-ethyl adjacent to an activating group) is 1. The molecule has 0 radical (unpaired) electrons. The molecule has 0 spiro atoms. The molecule has 0 aromatic heterocycles. The molecule has 150 valence electrons. The minimum Gasteiger partial charge on any atom is -0.483 e. The Labute approximate surface area is 175 Å². The third-order valence-electron chi connectivity index (χ3n) is 4.69. The molecule has 28 heavy (non-hydrogen) atoms. The lowest BCUT2D eigenvalue weighted by atomic mass is 10.1. The SMILES string of the molecule is CCNC(=O)[C@@H](C)N(Cc1ccc(Br)cc1)C(=O)COc1cccc(C)c1C. The zero-order valence-electron chi connectivity index (χ0n) is 16.8. The molecular weight excluding hydrogens is 420 g/mol. The Morgan fingerprint density at radius 1 is 1.14 bits per heavy atom. The second-order valence-electron chi connectivity index (χ2n) is 6.71. The van der Waals surface area contributed by atoms with Gasteiger partial charge >= 0.3 is 0 Å². The van der Waals surface area contributed by atoms with Crippen LogP contribution in [0, 0.1) is 13.8 Å². The van der Waals surface area contributed by atoms with Crippen LogP contribution in [-0.2, 0) is 16.1 Å². The molecule has 2 aromatic rings. The summed E-state index contributed by atoms with van der Waals surface area (Å²) < 4.78 is 6.74. The maximum atomic E-state index is 12.9. The van der Waals surface area contributed by atoms with Crippen LogP contribution >= 0.6 is 15.9 Å². The number of halogens is 1. The van der Waals surface area contributed by atoms with E-state index in [0.29, 0.717) is 18.8 Å². The Morgan fingerprint density at radius 2 is 1.82 bits per heavy atom. The van der Waals surface area contributed by atoms with Crippen LogP contribution in [0.3, 0.4) is 0 Å². The Kier molecular flexibility index (Phi) is 8.05. The zero-order valence-corrected chi connectivity index (χ0v) is 18.4. The Hall–Kier alpha value is -2.34. The molecular formula is C22H27BrN2O3. The number of amides is 2. The number of benzene rings is 2. The van der Waals surface area contributed by atoms with E-state index in [0.717, 1.165) is 21.2 Å². The summed E-state index contributed by atoms with van der Waals surface area (Å²) in [5.41, 5.74) is 3.05. The summed E-state index contributed by atoms with van der Waals surface area (Å²) in [5, 5.41) is 2.78. The monoisotopic (exact) mass is 446 g/mol. The van der Waals surface area contributed by atoms with E-state index in [1.54, 1.807) is 11.8 Å². The van der Waals surface area contributed by atoms with Crippen molar-refractivity contribution in [3.8, 4) is 5.75 Å². The van der Waals surface area contributed by atoms with E-state index in [1.807, 2.05) is 63.2 Å². The van der Waals surface area contributed by atoms with Crippen molar-refractivity contribution in [3.05, 3.63) is 63.6 Å². The van der Waals surface area contributed by atoms with E-state index in [-0.39, 0.29) is 18.4 Å². The number of nitrogens with zero attached hydrogens (tertiary/aromatic N) is 1. The van der Waals surface area contributed by atoms with E-state index >= 15 is 0 Å². The van der Waals surface area contributed by atoms with E-state index in [9.17, 15) is 9.59 Å². The third kappa shape index (κ3) is 5.83. The number of rotatable bonds is 8. The minimum absolute atomic E-state index is 0.120. The number of nitrogens with one attached hydrogen (secondary N) is 1. The zero-order chi connectivity index (χ0) is 20.7. The van der Waals surface area contributed by atoms with Crippen molar-refractivity contribution < 1.29 is 14.3 Å². The first-order valence-electron chi connectivity index (χ1n) is 9.34. The first-order chi connectivity index (χ1) is 13.3. The fraction of sp³-hybridized carbons (Fsp3) is 0.364. The van der Waals surface area contributed by atoms with Crippen molar-refractivity contribution in [1.82, 2.24) is 10.2 Å². The summed E-state index contributed by atoms with van der Waals surface area (Å²) in [7, 11) is 0. The topological polar surface area (TPSA) is 58.6 Å². The van der Waals surface area contributed by atoms with Crippen molar-refractivity contribution in [2.45, 2.75) is 40.3 Å². The van der Waals surface area contributed by atoms with Gasteiger partial charge in [0.1, 0.15) is 11.8 Å². The average Bonchev–Trinajstić information content (AvgIpc) is 2.68. The number of hydrogen-bond acceptors (Lipinski definition) is 3.